The van der Waals surface area contributed by atoms with Crippen LogP contribution in [0.5, 0.6) is 0 Å². The van der Waals surface area contributed by atoms with Gasteiger partial charge in [-0.1, -0.05) is 0 Å². The summed E-state index contributed by atoms with van der Waals surface area (Å²) < 4.78 is 5.30. The van der Waals surface area contributed by atoms with Crippen LogP contribution in [0.1, 0.15) is 6.92 Å². The lowest BCUT2D eigenvalue weighted by atomic mass is 9.85. The molecule has 0 spiro atoms. The third-order valence-electron chi connectivity index (χ3n) is 3.85. The molecule has 1 aliphatic heterocycles. The molecule has 1 aromatic carbocycles. The number of aromatic amines is 1. The Morgan fingerprint density at radius 1 is 1.53 bits per heavy atom. The number of carbonyl (C=O) groups is 1. The molecule has 2 atom stereocenters. The molecule has 0 saturated carbocycles. The van der Waals surface area contributed by atoms with Gasteiger partial charge in [-0.3, -0.25) is 4.79 Å². The summed E-state index contributed by atoms with van der Waals surface area (Å²) in [5.74, 6) is -0.0904. The average Bonchev–Trinajstić information content (AvgIpc) is 2.97. The number of rotatable bonds is 2. The maximum atomic E-state index is 12.3. The van der Waals surface area contributed by atoms with Crippen molar-refractivity contribution < 1.29 is 9.53 Å². The highest BCUT2D eigenvalue weighted by Gasteiger charge is 2.44. The van der Waals surface area contributed by atoms with Crippen LogP contribution in [0.25, 0.3) is 10.9 Å². The number of carbonyl (C=O) groups excluding carboxylic acids is 1. The highest BCUT2D eigenvalue weighted by atomic mass is 16.5. The van der Waals surface area contributed by atoms with Crippen molar-refractivity contribution in [2.24, 2.45) is 11.1 Å². The number of nitrogens with one attached hydrogen (secondary N) is 2. The predicted molar refractivity (Wildman–Crippen MR) is 73.8 cm³/mol. The van der Waals surface area contributed by atoms with Crippen molar-refractivity contribution >= 4 is 22.5 Å². The van der Waals surface area contributed by atoms with Gasteiger partial charge in [0.2, 0.25) is 5.91 Å². The summed E-state index contributed by atoms with van der Waals surface area (Å²) in [4.78, 5) is 15.5. The first-order chi connectivity index (χ1) is 9.09. The summed E-state index contributed by atoms with van der Waals surface area (Å²) in [6, 6.07) is 7.47. The molecule has 0 radical (unpaired) electrons. The van der Waals surface area contributed by atoms with E-state index in [4.69, 9.17) is 10.5 Å². The summed E-state index contributed by atoms with van der Waals surface area (Å²) in [5.41, 5.74) is 7.11. The maximum absolute atomic E-state index is 12.3. The Balaban J connectivity index is 1.82. The predicted octanol–water partition coefficient (Wildman–Crippen LogP) is 1.47. The number of H-pyrrole nitrogens is 1. The molecule has 100 valence electrons. The number of nitrogens with two attached hydrogens (primary N) is 1. The molecule has 0 bridgehead atoms. The molecule has 2 heterocycles. The van der Waals surface area contributed by atoms with E-state index in [-0.39, 0.29) is 11.9 Å². The second-order valence-corrected chi connectivity index (χ2v) is 5.27. The van der Waals surface area contributed by atoms with Crippen molar-refractivity contribution in [3.05, 3.63) is 30.5 Å². The number of amides is 1. The standard InChI is InChI=1S/C14H17N3O2/c1-14(8-19-7-12(14)15)13(18)17-10-2-3-11-9(6-10)4-5-16-11/h2-6,12,16H,7-8,15H2,1H3,(H,17,18). The molecule has 1 fully saturated rings. The fourth-order valence-corrected chi connectivity index (χ4v) is 2.33. The highest BCUT2D eigenvalue weighted by Crippen LogP contribution is 2.29. The number of anilines is 1. The van der Waals surface area contributed by atoms with Gasteiger partial charge in [-0.15, -0.1) is 0 Å². The minimum absolute atomic E-state index is 0.0904. The van der Waals surface area contributed by atoms with Crippen LogP contribution in [-0.4, -0.2) is 30.1 Å². The van der Waals surface area contributed by atoms with E-state index in [0.717, 1.165) is 16.6 Å². The number of aromatic nitrogens is 1. The number of hydrogen-bond donors (Lipinski definition) is 3. The number of ether oxygens (including phenoxy) is 1. The van der Waals surface area contributed by atoms with Gasteiger partial charge >= 0.3 is 0 Å². The molecule has 5 nitrogen and oxygen atoms in total. The van der Waals surface area contributed by atoms with Crippen LogP contribution in [0.3, 0.4) is 0 Å². The van der Waals surface area contributed by atoms with Crippen molar-refractivity contribution in [3.63, 3.8) is 0 Å². The number of hydrogen-bond acceptors (Lipinski definition) is 3. The average molecular weight is 259 g/mol. The Bertz CT molecular complexity index is 622. The van der Waals surface area contributed by atoms with E-state index in [1.807, 2.05) is 37.4 Å². The minimum Gasteiger partial charge on any atom is -0.379 e. The number of fused-ring (bicyclic) bond motifs is 1. The molecule has 3 rings (SSSR count). The third-order valence-corrected chi connectivity index (χ3v) is 3.85. The lowest BCUT2D eigenvalue weighted by molar-refractivity contribution is -0.125. The quantitative estimate of drug-likeness (QED) is 0.764. The van der Waals surface area contributed by atoms with E-state index < -0.39 is 5.41 Å². The molecule has 0 aliphatic carbocycles. The zero-order chi connectivity index (χ0) is 13.5. The zero-order valence-corrected chi connectivity index (χ0v) is 10.8. The normalized spacial score (nSPS) is 26.7. The second kappa shape index (κ2) is 4.36. The van der Waals surface area contributed by atoms with Crippen molar-refractivity contribution in [2.75, 3.05) is 18.5 Å². The van der Waals surface area contributed by atoms with Gasteiger partial charge in [0.25, 0.3) is 0 Å². The van der Waals surface area contributed by atoms with Gasteiger partial charge in [0, 0.05) is 28.8 Å². The molecule has 19 heavy (non-hydrogen) atoms. The van der Waals surface area contributed by atoms with Gasteiger partial charge in [-0.2, -0.15) is 0 Å². The van der Waals surface area contributed by atoms with Crippen LogP contribution in [0.4, 0.5) is 5.69 Å². The Kier molecular flexibility index (Phi) is 2.80. The van der Waals surface area contributed by atoms with Crippen LogP contribution in [0.15, 0.2) is 30.5 Å². The first kappa shape index (κ1) is 12.2. The van der Waals surface area contributed by atoms with Gasteiger partial charge in [0.1, 0.15) is 0 Å². The van der Waals surface area contributed by atoms with Crippen molar-refractivity contribution in [3.8, 4) is 0 Å². The molecule has 4 N–H and O–H groups in total. The van der Waals surface area contributed by atoms with E-state index >= 15 is 0 Å². The highest BCUT2D eigenvalue weighted by molar-refractivity contribution is 5.97. The molecule has 5 heteroatoms. The molecular formula is C14H17N3O2. The SMILES string of the molecule is CC1(C(=O)Nc2ccc3[nH]ccc3c2)COCC1N. The summed E-state index contributed by atoms with van der Waals surface area (Å²) >= 11 is 0. The third kappa shape index (κ3) is 2.01. The summed E-state index contributed by atoms with van der Waals surface area (Å²) in [6.07, 6.45) is 1.87. The van der Waals surface area contributed by atoms with Crippen LogP contribution >= 0.6 is 0 Å². The minimum atomic E-state index is -0.660. The molecule has 1 aromatic heterocycles. The van der Waals surface area contributed by atoms with E-state index in [2.05, 4.69) is 10.3 Å². The molecule has 1 amide bonds. The Morgan fingerprint density at radius 2 is 2.37 bits per heavy atom. The van der Waals surface area contributed by atoms with Gasteiger partial charge in [-0.25, -0.2) is 0 Å². The molecule has 1 aliphatic rings. The van der Waals surface area contributed by atoms with Crippen LogP contribution in [0, 0.1) is 5.41 Å². The number of benzene rings is 1. The summed E-state index contributed by atoms with van der Waals surface area (Å²) in [7, 11) is 0. The first-order valence-corrected chi connectivity index (χ1v) is 6.31. The van der Waals surface area contributed by atoms with Crippen molar-refractivity contribution in [1.29, 1.82) is 0 Å². The topological polar surface area (TPSA) is 80.1 Å². The maximum Gasteiger partial charge on any atom is 0.234 e. The van der Waals surface area contributed by atoms with Crippen LogP contribution in [0.2, 0.25) is 0 Å². The van der Waals surface area contributed by atoms with E-state index in [1.54, 1.807) is 0 Å². The van der Waals surface area contributed by atoms with Crippen molar-refractivity contribution in [2.45, 2.75) is 13.0 Å². The van der Waals surface area contributed by atoms with Gasteiger partial charge < -0.3 is 20.8 Å². The zero-order valence-electron chi connectivity index (χ0n) is 10.8. The Labute approximate surface area is 111 Å². The fourth-order valence-electron chi connectivity index (χ4n) is 2.33. The van der Waals surface area contributed by atoms with E-state index in [1.165, 1.54) is 0 Å². The largest absolute Gasteiger partial charge is 0.379 e. The molecular weight excluding hydrogens is 242 g/mol. The molecule has 1 saturated heterocycles. The smallest absolute Gasteiger partial charge is 0.234 e. The Morgan fingerprint density at radius 3 is 3.11 bits per heavy atom. The monoisotopic (exact) mass is 259 g/mol. The van der Waals surface area contributed by atoms with Gasteiger partial charge in [-0.05, 0) is 31.2 Å². The second-order valence-electron chi connectivity index (χ2n) is 5.27. The van der Waals surface area contributed by atoms with Gasteiger partial charge in [0.15, 0.2) is 0 Å². The van der Waals surface area contributed by atoms with Crippen LogP contribution < -0.4 is 11.1 Å². The first-order valence-electron chi connectivity index (χ1n) is 6.31. The fraction of sp³-hybridized carbons (Fsp3) is 0.357. The Hall–Kier alpha value is -1.85. The summed E-state index contributed by atoms with van der Waals surface area (Å²) in [6.45, 7) is 2.64. The lowest BCUT2D eigenvalue weighted by Crippen LogP contribution is -2.47. The molecule has 2 unspecified atom stereocenters. The van der Waals surface area contributed by atoms with Crippen LogP contribution in [-0.2, 0) is 9.53 Å². The van der Waals surface area contributed by atoms with E-state index in [0.29, 0.717) is 13.2 Å². The van der Waals surface area contributed by atoms with Crippen molar-refractivity contribution in [1.82, 2.24) is 4.98 Å². The van der Waals surface area contributed by atoms with Gasteiger partial charge in [0.05, 0.1) is 18.6 Å². The summed E-state index contributed by atoms with van der Waals surface area (Å²) in [5, 5.41) is 3.99. The molecule has 2 aromatic rings. The van der Waals surface area contributed by atoms with E-state index in [9.17, 15) is 4.79 Å². The lowest BCUT2D eigenvalue weighted by Gasteiger charge is -2.25.